The van der Waals surface area contributed by atoms with Crippen LogP contribution in [0.4, 0.5) is 0 Å². The lowest BCUT2D eigenvalue weighted by Crippen LogP contribution is -2.06. The molecule has 0 aromatic heterocycles. The molecule has 0 spiro atoms. The zero-order valence-corrected chi connectivity index (χ0v) is 8.18. The number of rotatable bonds is 6. The standard InChI is InChI=1S/C11H21N/c1-2-3-4-10(7-8-12)9-11-5-6-11/h9-10H,2-8,12H2,1H3. The van der Waals surface area contributed by atoms with E-state index in [9.17, 15) is 0 Å². The van der Waals surface area contributed by atoms with Gasteiger partial charge in [-0.05, 0) is 38.1 Å². The molecule has 1 nitrogen and oxygen atoms in total. The molecule has 0 aliphatic heterocycles. The minimum Gasteiger partial charge on any atom is -0.330 e. The summed E-state index contributed by atoms with van der Waals surface area (Å²) in [5.74, 6) is 0.785. The van der Waals surface area contributed by atoms with Gasteiger partial charge in [-0.1, -0.05) is 31.4 Å². The molecule has 1 rings (SSSR count). The molecular formula is C11H21N. The lowest BCUT2D eigenvalue weighted by atomic mass is 9.98. The molecule has 2 N–H and O–H groups in total. The van der Waals surface area contributed by atoms with E-state index in [1.807, 2.05) is 0 Å². The molecule has 0 radical (unpaired) electrons. The van der Waals surface area contributed by atoms with Crippen LogP contribution in [0.3, 0.4) is 0 Å². The molecule has 1 heteroatoms. The van der Waals surface area contributed by atoms with Crippen LogP contribution in [0.5, 0.6) is 0 Å². The van der Waals surface area contributed by atoms with E-state index in [1.165, 1.54) is 38.5 Å². The fourth-order valence-corrected chi connectivity index (χ4v) is 1.56. The molecule has 1 atom stereocenters. The first-order valence-electron chi connectivity index (χ1n) is 5.26. The van der Waals surface area contributed by atoms with Crippen molar-refractivity contribution in [2.45, 2.75) is 45.4 Å². The van der Waals surface area contributed by atoms with E-state index in [-0.39, 0.29) is 0 Å². The predicted molar refractivity (Wildman–Crippen MR) is 54.0 cm³/mol. The molecule has 1 unspecified atom stereocenters. The zero-order chi connectivity index (χ0) is 8.81. The first kappa shape index (κ1) is 9.79. The van der Waals surface area contributed by atoms with Gasteiger partial charge in [0.2, 0.25) is 0 Å². The summed E-state index contributed by atoms with van der Waals surface area (Å²) in [5, 5.41) is 0. The molecular weight excluding hydrogens is 146 g/mol. The van der Waals surface area contributed by atoms with E-state index >= 15 is 0 Å². The molecule has 0 saturated heterocycles. The second-order valence-corrected chi connectivity index (χ2v) is 3.80. The van der Waals surface area contributed by atoms with E-state index < -0.39 is 0 Å². The summed E-state index contributed by atoms with van der Waals surface area (Å²) in [5.41, 5.74) is 7.24. The molecule has 0 heterocycles. The summed E-state index contributed by atoms with van der Waals surface area (Å²) >= 11 is 0. The van der Waals surface area contributed by atoms with Gasteiger partial charge in [0.05, 0.1) is 0 Å². The smallest absolute Gasteiger partial charge is 0.00717 e. The minimum absolute atomic E-state index is 0.785. The second-order valence-electron chi connectivity index (χ2n) is 3.80. The van der Waals surface area contributed by atoms with Crippen LogP contribution >= 0.6 is 0 Å². The van der Waals surface area contributed by atoms with Crippen molar-refractivity contribution in [3.05, 3.63) is 11.6 Å². The molecule has 0 aromatic carbocycles. The Hall–Kier alpha value is -0.300. The van der Waals surface area contributed by atoms with Crippen LogP contribution in [-0.4, -0.2) is 6.54 Å². The summed E-state index contributed by atoms with van der Waals surface area (Å²) < 4.78 is 0. The van der Waals surface area contributed by atoms with Crippen LogP contribution in [-0.2, 0) is 0 Å². The first-order chi connectivity index (χ1) is 5.86. The monoisotopic (exact) mass is 167 g/mol. The van der Waals surface area contributed by atoms with Gasteiger partial charge < -0.3 is 5.73 Å². The van der Waals surface area contributed by atoms with Crippen LogP contribution in [0.25, 0.3) is 0 Å². The van der Waals surface area contributed by atoms with Crippen LogP contribution in [0.2, 0.25) is 0 Å². The maximum atomic E-state index is 5.57. The Morgan fingerprint density at radius 3 is 2.67 bits per heavy atom. The van der Waals surface area contributed by atoms with Crippen LogP contribution in [0, 0.1) is 5.92 Å². The molecule has 0 aromatic rings. The molecule has 1 aliphatic rings. The maximum absolute atomic E-state index is 5.57. The average molecular weight is 167 g/mol. The zero-order valence-electron chi connectivity index (χ0n) is 8.18. The van der Waals surface area contributed by atoms with Crippen molar-refractivity contribution in [3.63, 3.8) is 0 Å². The molecule has 1 fully saturated rings. The molecule has 1 aliphatic carbocycles. The average Bonchev–Trinajstić information content (AvgIpc) is 2.84. The summed E-state index contributed by atoms with van der Waals surface area (Å²) in [6, 6.07) is 0. The largest absolute Gasteiger partial charge is 0.330 e. The fourth-order valence-electron chi connectivity index (χ4n) is 1.56. The number of hydrogen-bond acceptors (Lipinski definition) is 1. The SMILES string of the molecule is CCCCC(C=C1CC1)CCN. The quantitative estimate of drug-likeness (QED) is 0.605. The van der Waals surface area contributed by atoms with Gasteiger partial charge in [-0.25, -0.2) is 0 Å². The molecule has 12 heavy (non-hydrogen) atoms. The van der Waals surface area contributed by atoms with Crippen molar-refractivity contribution in [2.24, 2.45) is 11.7 Å². The van der Waals surface area contributed by atoms with Crippen LogP contribution in [0.1, 0.15) is 45.4 Å². The lowest BCUT2D eigenvalue weighted by molar-refractivity contribution is 0.523. The fraction of sp³-hybridized carbons (Fsp3) is 0.818. The van der Waals surface area contributed by atoms with E-state index in [1.54, 1.807) is 5.57 Å². The molecule has 70 valence electrons. The van der Waals surface area contributed by atoms with E-state index in [4.69, 9.17) is 5.73 Å². The van der Waals surface area contributed by atoms with Gasteiger partial charge >= 0.3 is 0 Å². The Morgan fingerprint density at radius 1 is 1.42 bits per heavy atom. The Morgan fingerprint density at radius 2 is 2.17 bits per heavy atom. The minimum atomic E-state index is 0.785. The van der Waals surface area contributed by atoms with Gasteiger partial charge in [0.1, 0.15) is 0 Å². The van der Waals surface area contributed by atoms with E-state index in [0.717, 1.165) is 12.5 Å². The highest BCUT2D eigenvalue weighted by Crippen LogP contribution is 2.31. The van der Waals surface area contributed by atoms with Crippen molar-refractivity contribution in [1.82, 2.24) is 0 Å². The number of nitrogens with two attached hydrogens (primary N) is 1. The highest BCUT2D eigenvalue weighted by molar-refractivity contribution is 5.17. The van der Waals surface area contributed by atoms with Crippen molar-refractivity contribution in [2.75, 3.05) is 6.54 Å². The Labute approximate surface area is 76.0 Å². The lowest BCUT2D eigenvalue weighted by Gasteiger charge is -2.09. The summed E-state index contributed by atoms with van der Waals surface area (Å²) in [6.07, 6.45) is 10.4. The van der Waals surface area contributed by atoms with Crippen molar-refractivity contribution < 1.29 is 0 Å². The number of hydrogen-bond donors (Lipinski definition) is 1. The maximum Gasteiger partial charge on any atom is -0.00717 e. The van der Waals surface area contributed by atoms with Gasteiger partial charge in [-0.3, -0.25) is 0 Å². The highest BCUT2D eigenvalue weighted by Gasteiger charge is 2.13. The predicted octanol–water partition coefficient (Wildman–Crippen LogP) is 2.86. The third kappa shape index (κ3) is 3.91. The molecule has 0 bridgehead atoms. The van der Waals surface area contributed by atoms with Crippen LogP contribution < -0.4 is 5.73 Å². The summed E-state index contributed by atoms with van der Waals surface area (Å²) in [4.78, 5) is 0. The highest BCUT2D eigenvalue weighted by atomic mass is 14.5. The first-order valence-corrected chi connectivity index (χ1v) is 5.26. The molecule has 1 saturated carbocycles. The van der Waals surface area contributed by atoms with Gasteiger partial charge in [0, 0.05) is 0 Å². The number of allylic oxidation sites excluding steroid dienone is 2. The summed E-state index contributed by atoms with van der Waals surface area (Å²) in [6.45, 7) is 3.10. The summed E-state index contributed by atoms with van der Waals surface area (Å²) in [7, 11) is 0. The van der Waals surface area contributed by atoms with Crippen LogP contribution in [0.15, 0.2) is 11.6 Å². The van der Waals surface area contributed by atoms with Gasteiger partial charge in [-0.15, -0.1) is 0 Å². The normalized spacial score (nSPS) is 17.7. The third-order valence-electron chi connectivity index (χ3n) is 2.48. The van der Waals surface area contributed by atoms with Crippen molar-refractivity contribution in [3.8, 4) is 0 Å². The Balaban J connectivity index is 2.22. The molecule has 0 amide bonds. The van der Waals surface area contributed by atoms with Gasteiger partial charge in [0.25, 0.3) is 0 Å². The van der Waals surface area contributed by atoms with Crippen molar-refractivity contribution >= 4 is 0 Å². The Kier molecular flexibility index (Phi) is 4.37. The van der Waals surface area contributed by atoms with E-state index in [2.05, 4.69) is 13.0 Å². The van der Waals surface area contributed by atoms with Crippen molar-refractivity contribution in [1.29, 1.82) is 0 Å². The Bertz CT molecular complexity index is 143. The van der Waals surface area contributed by atoms with Gasteiger partial charge in [-0.2, -0.15) is 0 Å². The second kappa shape index (κ2) is 5.36. The topological polar surface area (TPSA) is 26.0 Å². The van der Waals surface area contributed by atoms with E-state index in [0.29, 0.717) is 0 Å². The number of unbranched alkanes of at least 4 members (excludes halogenated alkanes) is 1. The van der Waals surface area contributed by atoms with Gasteiger partial charge in [0.15, 0.2) is 0 Å². The third-order valence-corrected chi connectivity index (χ3v) is 2.48.